The molecule has 3 aromatic rings. The Balaban J connectivity index is 1.71. The third kappa shape index (κ3) is 2.81. The van der Waals surface area contributed by atoms with E-state index in [1.54, 1.807) is 6.20 Å². The van der Waals surface area contributed by atoms with Gasteiger partial charge in [-0.15, -0.1) is 0 Å². The second-order valence-corrected chi connectivity index (χ2v) is 5.29. The average molecular weight is 287 g/mol. The summed E-state index contributed by atoms with van der Waals surface area (Å²) in [6.07, 6.45) is 3.11. The van der Waals surface area contributed by atoms with Crippen molar-refractivity contribution in [3.63, 3.8) is 0 Å². The molecule has 0 aliphatic carbocycles. The van der Waals surface area contributed by atoms with Gasteiger partial charge >= 0.3 is 6.09 Å². The molecule has 110 valence electrons. The molecule has 7 nitrogen and oxygen atoms in total. The maximum Gasteiger partial charge on any atom is 0.407 e. The Hall–Kier alpha value is -2.57. The number of alkyl carbamates (subject to hydrolysis) is 1. The van der Waals surface area contributed by atoms with Crippen LogP contribution in [0.1, 0.15) is 19.7 Å². The van der Waals surface area contributed by atoms with Crippen LogP contribution in [0.5, 0.6) is 0 Å². The van der Waals surface area contributed by atoms with Gasteiger partial charge in [0, 0.05) is 11.6 Å². The molecular formula is C14H17N5O2. The van der Waals surface area contributed by atoms with E-state index in [1.807, 2.05) is 26.1 Å². The SMILES string of the molecule is CC(C)COC(=O)NCc1nc2c(cnc3[nH]ccc32)[nH]1. The van der Waals surface area contributed by atoms with E-state index < -0.39 is 6.09 Å². The minimum atomic E-state index is -0.436. The number of aromatic nitrogens is 4. The standard InChI is InChI=1S/C14H17N5O2/c1-8(2)7-21-14(20)17-6-11-18-10-5-16-13-9(3-4-15-13)12(10)19-11/h3-5,8H,6-7H2,1-2H3,(H,15,16)(H,17,20)(H,18,19). The molecule has 0 aliphatic heterocycles. The highest BCUT2D eigenvalue weighted by Crippen LogP contribution is 2.20. The van der Waals surface area contributed by atoms with Crippen molar-refractivity contribution in [1.82, 2.24) is 25.3 Å². The second-order valence-electron chi connectivity index (χ2n) is 5.29. The molecular weight excluding hydrogens is 270 g/mol. The molecule has 3 N–H and O–H groups in total. The fraction of sp³-hybridized carbons (Fsp3) is 0.357. The minimum absolute atomic E-state index is 0.289. The van der Waals surface area contributed by atoms with E-state index in [0.717, 1.165) is 22.1 Å². The number of nitrogens with one attached hydrogen (secondary N) is 3. The van der Waals surface area contributed by atoms with Crippen LogP contribution in [-0.2, 0) is 11.3 Å². The Labute approximate surface area is 121 Å². The summed E-state index contributed by atoms with van der Waals surface area (Å²) < 4.78 is 5.05. The predicted molar refractivity (Wildman–Crippen MR) is 78.8 cm³/mol. The van der Waals surface area contributed by atoms with E-state index in [0.29, 0.717) is 18.3 Å². The fourth-order valence-electron chi connectivity index (χ4n) is 2.06. The van der Waals surface area contributed by atoms with Gasteiger partial charge in [0.15, 0.2) is 0 Å². The van der Waals surface area contributed by atoms with Crippen molar-refractivity contribution in [3.8, 4) is 0 Å². The lowest BCUT2D eigenvalue weighted by Crippen LogP contribution is -2.25. The third-order valence-corrected chi connectivity index (χ3v) is 3.03. The Morgan fingerprint density at radius 1 is 1.48 bits per heavy atom. The van der Waals surface area contributed by atoms with Gasteiger partial charge in [0.25, 0.3) is 0 Å². The molecule has 3 rings (SSSR count). The van der Waals surface area contributed by atoms with Crippen LogP contribution in [0, 0.1) is 5.92 Å². The van der Waals surface area contributed by atoms with E-state index in [4.69, 9.17) is 4.74 Å². The molecule has 0 unspecified atom stereocenters. The molecule has 7 heteroatoms. The van der Waals surface area contributed by atoms with Crippen LogP contribution in [0.3, 0.4) is 0 Å². The van der Waals surface area contributed by atoms with Crippen LogP contribution in [0.15, 0.2) is 18.5 Å². The van der Waals surface area contributed by atoms with E-state index in [2.05, 4.69) is 25.3 Å². The van der Waals surface area contributed by atoms with Crippen molar-refractivity contribution in [2.75, 3.05) is 6.61 Å². The van der Waals surface area contributed by atoms with Crippen LogP contribution >= 0.6 is 0 Å². The maximum absolute atomic E-state index is 11.5. The van der Waals surface area contributed by atoms with Gasteiger partial charge in [0.2, 0.25) is 0 Å². The molecule has 21 heavy (non-hydrogen) atoms. The first-order valence-corrected chi connectivity index (χ1v) is 6.85. The number of rotatable bonds is 4. The van der Waals surface area contributed by atoms with Gasteiger partial charge in [0.05, 0.1) is 24.9 Å². The van der Waals surface area contributed by atoms with Crippen molar-refractivity contribution < 1.29 is 9.53 Å². The topological polar surface area (TPSA) is 95.7 Å². The molecule has 0 saturated carbocycles. The van der Waals surface area contributed by atoms with Crippen LogP contribution in [0.25, 0.3) is 22.1 Å². The Morgan fingerprint density at radius 3 is 3.14 bits per heavy atom. The van der Waals surface area contributed by atoms with E-state index in [1.165, 1.54) is 0 Å². The molecule has 0 spiro atoms. The number of hydrogen-bond acceptors (Lipinski definition) is 4. The zero-order valence-corrected chi connectivity index (χ0v) is 11.9. The summed E-state index contributed by atoms with van der Waals surface area (Å²) in [6.45, 7) is 4.67. The van der Waals surface area contributed by atoms with E-state index in [9.17, 15) is 4.79 Å². The van der Waals surface area contributed by atoms with Crippen LogP contribution in [0.4, 0.5) is 4.79 Å². The van der Waals surface area contributed by atoms with Gasteiger partial charge in [-0.1, -0.05) is 13.8 Å². The van der Waals surface area contributed by atoms with Crippen molar-refractivity contribution in [3.05, 3.63) is 24.3 Å². The van der Waals surface area contributed by atoms with Crippen molar-refractivity contribution in [2.24, 2.45) is 5.92 Å². The number of ether oxygens (including phenoxy) is 1. The number of aromatic amines is 2. The lowest BCUT2D eigenvalue weighted by molar-refractivity contribution is 0.132. The summed E-state index contributed by atoms with van der Waals surface area (Å²) in [5, 5.41) is 3.63. The number of carbonyl (C=O) groups is 1. The van der Waals surface area contributed by atoms with Crippen LogP contribution in [-0.4, -0.2) is 32.6 Å². The number of fused-ring (bicyclic) bond motifs is 3. The first-order valence-electron chi connectivity index (χ1n) is 6.85. The number of imidazole rings is 1. The number of nitrogens with zero attached hydrogens (tertiary/aromatic N) is 2. The first-order chi connectivity index (χ1) is 10.1. The summed E-state index contributed by atoms with van der Waals surface area (Å²) >= 11 is 0. The first kappa shape index (κ1) is 13.4. The van der Waals surface area contributed by atoms with E-state index >= 15 is 0 Å². The number of amides is 1. The molecule has 0 bridgehead atoms. The molecule has 0 fully saturated rings. The molecule has 1 amide bonds. The number of carbonyl (C=O) groups excluding carboxylic acids is 1. The summed E-state index contributed by atoms with van der Waals surface area (Å²) in [6, 6.07) is 1.93. The molecule has 3 aromatic heterocycles. The monoisotopic (exact) mass is 287 g/mol. The van der Waals surface area contributed by atoms with Gasteiger partial charge < -0.3 is 20.0 Å². The predicted octanol–water partition coefficient (Wildman–Crippen LogP) is 2.32. The number of hydrogen-bond donors (Lipinski definition) is 3. The maximum atomic E-state index is 11.5. The normalized spacial score (nSPS) is 11.4. The highest BCUT2D eigenvalue weighted by atomic mass is 16.5. The van der Waals surface area contributed by atoms with Crippen LogP contribution < -0.4 is 5.32 Å². The van der Waals surface area contributed by atoms with Gasteiger partial charge in [-0.25, -0.2) is 14.8 Å². The Morgan fingerprint density at radius 2 is 2.33 bits per heavy atom. The summed E-state index contributed by atoms with van der Waals surface area (Å²) in [5.74, 6) is 0.983. The fourth-order valence-corrected chi connectivity index (χ4v) is 2.06. The van der Waals surface area contributed by atoms with Gasteiger partial charge in [-0.3, -0.25) is 0 Å². The second kappa shape index (κ2) is 5.43. The lowest BCUT2D eigenvalue weighted by atomic mass is 10.2. The van der Waals surface area contributed by atoms with Gasteiger partial charge in [-0.2, -0.15) is 0 Å². The summed E-state index contributed by atoms with van der Waals surface area (Å²) in [7, 11) is 0. The summed E-state index contributed by atoms with van der Waals surface area (Å²) in [4.78, 5) is 26.5. The van der Waals surface area contributed by atoms with Gasteiger partial charge in [0.1, 0.15) is 17.0 Å². The molecule has 0 aromatic carbocycles. The number of pyridine rings is 1. The molecule has 0 saturated heterocycles. The molecule has 0 radical (unpaired) electrons. The molecule has 0 aliphatic rings. The Kier molecular flexibility index (Phi) is 3.47. The molecule has 0 atom stereocenters. The van der Waals surface area contributed by atoms with E-state index in [-0.39, 0.29) is 6.54 Å². The highest BCUT2D eigenvalue weighted by molar-refractivity contribution is 6.00. The zero-order chi connectivity index (χ0) is 14.8. The van der Waals surface area contributed by atoms with Gasteiger partial charge in [-0.05, 0) is 12.0 Å². The molecule has 3 heterocycles. The summed E-state index contributed by atoms with van der Waals surface area (Å²) in [5.41, 5.74) is 2.48. The van der Waals surface area contributed by atoms with Crippen molar-refractivity contribution >= 4 is 28.2 Å². The van der Waals surface area contributed by atoms with Crippen molar-refractivity contribution in [2.45, 2.75) is 20.4 Å². The van der Waals surface area contributed by atoms with Crippen molar-refractivity contribution in [1.29, 1.82) is 0 Å². The highest BCUT2D eigenvalue weighted by Gasteiger charge is 2.10. The third-order valence-electron chi connectivity index (χ3n) is 3.03. The lowest BCUT2D eigenvalue weighted by Gasteiger charge is -2.07. The zero-order valence-electron chi connectivity index (χ0n) is 11.9. The Bertz CT molecular complexity index is 774. The van der Waals surface area contributed by atoms with Crippen LogP contribution in [0.2, 0.25) is 0 Å². The smallest absolute Gasteiger partial charge is 0.407 e. The quantitative estimate of drug-likeness (QED) is 0.686. The minimum Gasteiger partial charge on any atom is -0.449 e. The number of H-pyrrole nitrogens is 2. The largest absolute Gasteiger partial charge is 0.449 e. The average Bonchev–Trinajstić information content (AvgIpc) is 3.07.